The molecule has 0 saturated heterocycles. The molecule has 0 saturated carbocycles. The highest BCUT2D eigenvalue weighted by atomic mass is 16.5. The topological polar surface area (TPSA) is 77.2 Å². The van der Waals surface area contributed by atoms with Gasteiger partial charge >= 0.3 is 0 Å². The molecule has 1 amide bonds. The van der Waals surface area contributed by atoms with E-state index in [0.29, 0.717) is 24.6 Å². The summed E-state index contributed by atoms with van der Waals surface area (Å²) in [6.07, 6.45) is 0.757. The van der Waals surface area contributed by atoms with Gasteiger partial charge in [-0.1, -0.05) is 6.07 Å². The number of carbonyl (C=O) groups is 1. The van der Waals surface area contributed by atoms with E-state index in [-0.39, 0.29) is 11.9 Å². The van der Waals surface area contributed by atoms with Gasteiger partial charge in [0.05, 0.1) is 7.11 Å². The van der Waals surface area contributed by atoms with Crippen LogP contribution in [0.4, 0.5) is 0 Å². The zero-order chi connectivity index (χ0) is 15.2. The summed E-state index contributed by atoms with van der Waals surface area (Å²) in [5, 5.41) is 10.8. The minimum atomic E-state index is -0.0221. The molecule has 2 rings (SSSR count). The summed E-state index contributed by atoms with van der Waals surface area (Å²) in [4.78, 5) is 11.6. The first-order valence-electron chi connectivity index (χ1n) is 6.84. The predicted molar refractivity (Wildman–Crippen MR) is 77.9 cm³/mol. The van der Waals surface area contributed by atoms with Gasteiger partial charge in [-0.05, 0) is 32.0 Å². The van der Waals surface area contributed by atoms with Crippen molar-refractivity contribution in [2.45, 2.75) is 32.7 Å². The lowest BCUT2D eigenvalue weighted by Crippen LogP contribution is -2.30. The molecule has 0 bridgehead atoms. The van der Waals surface area contributed by atoms with Gasteiger partial charge in [0.25, 0.3) is 0 Å². The fraction of sp³-hybridized carbons (Fsp3) is 0.400. The molecule has 112 valence electrons. The van der Waals surface area contributed by atoms with E-state index in [1.807, 2.05) is 38.1 Å². The molecule has 0 fully saturated rings. The quantitative estimate of drug-likeness (QED) is 0.882. The second-order valence-electron chi connectivity index (χ2n) is 4.96. The number of rotatable bonds is 6. The average Bonchev–Trinajstić information content (AvgIpc) is 2.93. The van der Waals surface area contributed by atoms with Gasteiger partial charge in [0.1, 0.15) is 5.75 Å². The minimum absolute atomic E-state index is 0.0221. The van der Waals surface area contributed by atoms with Gasteiger partial charge in [-0.25, -0.2) is 0 Å². The van der Waals surface area contributed by atoms with Crippen molar-refractivity contribution in [3.63, 3.8) is 0 Å². The van der Waals surface area contributed by atoms with E-state index in [4.69, 9.17) is 9.15 Å². The molecule has 0 aliphatic carbocycles. The second kappa shape index (κ2) is 6.88. The molecular weight excluding hydrogens is 270 g/mol. The fourth-order valence-electron chi connectivity index (χ4n) is 1.84. The third-order valence-corrected chi connectivity index (χ3v) is 2.80. The van der Waals surface area contributed by atoms with Gasteiger partial charge < -0.3 is 14.5 Å². The van der Waals surface area contributed by atoms with E-state index in [0.717, 1.165) is 11.3 Å². The predicted octanol–water partition coefficient (Wildman–Crippen LogP) is 2.20. The Hall–Kier alpha value is -2.37. The van der Waals surface area contributed by atoms with Crippen LogP contribution in [0, 0.1) is 0 Å². The van der Waals surface area contributed by atoms with Crippen LogP contribution in [-0.2, 0) is 11.2 Å². The van der Waals surface area contributed by atoms with E-state index in [2.05, 4.69) is 15.5 Å². The van der Waals surface area contributed by atoms with Crippen molar-refractivity contribution in [2.75, 3.05) is 7.11 Å². The molecule has 0 radical (unpaired) electrons. The Morgan fingerprint density at radius 2 is 2.19 bits per heavy atom. The lowest BCUT2D eigenvalue weighted by atomic mass is 10.2. The summed E-state index contributed by atoms with van der Waals surface area (Å²) < 4.78 is 10.7. The molecule has 1 aromatic heterocycles. The van der Waals surface area contributed by atoms with Gasteiger partial charge in [-0.15, -0.1) is 10.2 Å². The van der Waals surface area contributed by atoms with Crippen LogP contribution in [0.1, 0.15) is 26.2 Å². The standard InChI is InChI=1S/C15H19N3O3/c1-10(2)16-13(19)7-8-14-17-18-15(21-14)11-5-4-6-12(9-11)20-3/h4-6,9-10H,7-8H2,1-3H3,(H,16,19). The third-order valence-electron chi connectivity index (χ3n) is 2.80. The normalized spacial score (nSPS) is 10.7. The number of ether oxygens (including phenoxy) is 1. The fourth-order valence-corrected chi connectivity index (χ4v) is 1.84. The summed E-state index contributed by atoms with van der Waals surface area (Å²) in [6.45, 7) is 3.84. The molecule has 0 spiro atoms. The molecular formula is C15H19N3O3. The summed E-state index contributed by atoms with van der Waals surface area (Å²) >= 11 is 0. The molecule has 0 unspecified atom stereocenters. The number of methoxy groups -OCH3 is 1. The van der Waals surface area contributed by atoms with Crippen molar-refractivity contribution < 1.29 is 13.9 Å². The Morgan fingerprint density at radius 3 is 2.90 bits per heavy atom. The minimum Gasteiger partial charge on any atom is -0.497 e. The van der Waals surface area contributed by atoms with E-state index in [9.17, 15) is 4.79 Å². The Labute approximate surface area is 123 Å². The van der Waals surface area contributed by atoms with Crippen LogP contribution < -0.4 is 10.1 Å². The number of hydrogen-bond donors (Lipinski definition) is 1. The van der Waals surface area contributed by atoms with E-state index in [1.54, 1.807) is 7.11 Å². The van der Waals surface area contributed by atoms with Crippen molar-refractivity contribution >= 4 is 5.91 Å². The summed E-state index contributed by atoms with van der Waals surface area (Å²) in [6, 6.07) is 7.52. The van der Waals surface area contributed by atoms with Crippen molar-refractivity contribution in [2.24, 2.45) is 0 Å². The SMILES string of the molecule is COc1cccc(-c2nnc(CCC(=O)NC(C)C)o2)c1. The van der Waals surface area contributed by atoms with Crippen LogP contribution in [0.25, 0.3) is 11.5 Å². The zero-order valence-corrected chi connectivity index (χ0v) is 12.4. The smallest absolute Gasteiger partial charge is 0.247 e. The van der Waals surface area contributed by atoms with Crippen molar-refractivity contribution in [1.82, 2.24) is 15.5 Å². The highest BCUT2D eigenvalue weighted by Crippen LogP contribution is 2.22. The zero-order valence-electron chi connectivity index (χ0n) is 12.4. The van der Waals surface area contributed by atoms with Crippen LogP contribution in [0.2, 0.25) is 0 Å². The highest BCUT2D eigenvalue weighted by molar-refractivity contribution is 5.76. The number of amides is 1. The Balaban J connectivity index is 1.99. The molecule has 1 heterocycles. The maximum atomic E-state index is 11.6. The molecule has 6 nitrogen and oxygen atoms in total. The highest BCUT2D eigenvalue weighted by Gasteiger charge is 2.11. The lowest BCUT2D eigenvalue weighted by molar-refractivity contribution is -0.121. The number of carbonyl (C=O) groups excluding carboxylic acids is 1. The number of aromatic nitrogens is 2. The molecule has 1 N–H and O–H groups in total. The lowest BCUT2D eigenvalue weighted by Gasteiger charge is -2.06. The van der Waals surface area contributed by atoms with Crippen LogP contribution in [0.15, 0.2) is 28.7 Å². The molecule has 1 aromatic carbocycles. The monoisotopic (exact) mass is 289 g/mol. The van der Waals surface area contributed by atoms with Gasteiger partial charge in [-0.2, -0.15) is 0 Å². The molecule has 0 aliphatic heterocycles. The Kier molecular flexibility index (Phi) is 4.92. The largest absolute Gasteiger partial charge is 0.497 e. The Bertz CT molecular complexity index is 608. The second-order valence-corrected chi connectivity index (χ2v) is 4.96. The summed E-state index contributed by atoms with van der Waals surface area (Å²) in [5.74, 6) is 1.58. The van der Waals surface area contributed by atoms with Crippen LogP contribution in [-0.4, -0.2) is 29.3 Å². The molecule has 2 aromatic rings. The number of nitrogens with zero attached hydrogens (tertiary/aromatic N) is 2. The van der Waals surface area contributed by atoms with Crippen LogP contribution >= 0.6 is 0 Å². The maximum absolute atomic E-state index is 11.6. The van der Waals surface area contributed by atoms with E-state index < -0.39 is 0 Å². The van der Waals surface area contributed by atoms with E-state index in [1.165, 1.54) is 0 Å². The van der Waals surface area contributed by atoms with Gasteiger partial charge in [0.15, 0.2) is 0 Å². The number of aryl methyl sites for hydroxylation is 1. The van der Waals surface area contributed by atoms with Crippen molar-refractivity contribution in [3.05, 3.63) is 30.2 Å². The van der Waals surface area contributed by atoms with Gasteiger partial charge in [0, 0.05) is 24.4 Å². The molecule has 6 heteroatoms. The Morgan fingerprint density at radius 1 is 1.38 bits per heavy atom. The number of nitrogens with one attached hydrogen (secondary N) is 1. The van der Waals surface area contributed by atoms with Crippen molar-refractivity contribution in [1.29, 1.82) is 0 Å². The third kappa shape index (κ3) is 4.30. The summed E-state index contributed by atoms with van der Waals surface area (Å²) in [7, 11) is 1.60. The number of hydrogen-bond acceptors (Lipinski definition) is 5. The van der Waals surface area contributed by atoms with Crippen LogP contribution in [0.3, 0.4) is 0 Å². The maximum Gasteiger partial charge on any atom is 0.247 e. The molecule has 0 aliphatic rings. The van der Waals surface area contributed by atoms with Crippen LogP contribution in [0.5, 0.6) is 5.75 Å². The molecule has 0 atom stereocenters. The van der Waals surface area contributed by atoms with E-state index >= 15 is 0 Å². The molecule has 21 heavy (non-hydrogen) atoms. The number of benzene rings is 1. The van der Waals surface area contributed by atoms with Gasteiger partial charge in [0.2, 0.25) is 17.7 Å². The first kappa shape index (κ1) is 15.0. The first-order chi connectivity index (χ1) is 10.1. The van der Waals surface area contributed by atoms with Crippen molar-refractivity contribution in [3.8, 4) is 17.2 Å². The average molecular weight is 289 g/mol. The van der Waals surface area contributed by atoms with Gasteiger partial charge in [-0.3, -0.25) is 4.79 Å². The summed E-state index contributed by atoms with van der Waals surface area (Å²) in [5.41, 5.74) is 0.791. The first-order valence-corrected chi connectivity index (χ1v) is 6.84.